The zero-order valence-electron chi connectivity index (χ0n) is 14.7. The Bertz CT molecular complexity index is 692. The molecule has 1 aromatic heterocycles. The molecule has 0 amide bonds. The second-order valence-corrected chi connectivity index (χ2v) is 7.39. The second-order valence-electron chi connectivity index (χ2n) is 6.54. The highest BCUT2D eigenvalue weighted by atomic mass is 79.9. The normalized spacial score (nSPS) is 15.8. The van der Waals surface area contributed by atoms with Crippen molar-refractivity contribution in [2.24, 2.45) is 4.99 Å². The lowest BCUT2D eigenvalue weighted by molar-refractivity contribution is 0.622. The van der Waals surface area contributed by atoms with Gasteiger partial charge in [0.05, 0.1) is 12.9 Å². The molecular formula is C19H26BrN5. The van der Waals surface area contributed by atoms with Crippen molar-refractivity contribution in [3.63, 3.8) is 0 Å². The molecule has 3 rings (SSSR count). The van der Waals surface area contributed by atoms with Crippen LogP contribution in [-0.2, 0) is 12.0 Å². The number of benzene rings is 1. The van der Waals surface area contributed by atoms with Gasteiger partial charge < -0.3 is 15.2 Å². The summed E-state index contributed by atoms with van der Waals surface area (Å²) in [6.45, 7) is 5.66. The van der Waals surface area contributed by atoms with Crippen molar-refractivity contribution in [1.29, 1.82) is 0 Å². The van der Waals surface area contributed by atoms with E-state index in [4.69, 9.17) is 4.99 Å². The Kier molecular flexibility index (Phi) is 6.13. The van der Waals surface area contributed by atoms with E-state index in [-0.39, 0.29) is 5.41 Å². The molecule has 134 valence electrons. The van der Waals surface area contributed by atoms with Gasteiger partial charge in [-0.2, -0.15) is 0 Å². The van der Waals surface area contributed by atoms with Crippen LogP contribution in [0.15, 0.2) is 52.5 Å². The number of hydrogen-bond donors (Lipinski definition) is 2. The third-order valence-corrected chi connectivity index (χ3v) is 5.32. The summed E-state index contributed by atoms with van der Waals surface area (Å²) in [5.41, 5.74) is 1.59. The quantitative estimate of drug-likeness (QED) is 0.403. The molecule has 0 saturated heterocycles. The molecule has 2 aromatic rings. The molecular weight excluding hydrogens is 378 g/mol. The van der Waals surface area contributed by atoms with Crippen LogP contribution in [0.2, 0.25) is 0 Å². The Morgan fingerprint density at radius 1 is 1.32 bits per heavy atom. The van der Waals surface area contributed by atoms with Gasteiger partial charge in [0.15, 0.2) is 5.96 Å². The molecule has 6 heteroatoms. The minimum Gasteiger partial charge on any atom is -0.357 e. The van der Waals surface area contributed by atoms with Crippen molar-refractivity contribution < 1.29 is 0 Å². The van der Waals surface area contributed by atoms with Crippen LogP contribution in [0.4, 0.5) is 0 Å². The molecule has 0 radical (unpaired) electrons. The molecule has 1 heterocycles. The molecule has 1 fully saturated rings. The number of halogens is 1. The lowest BCUT2D eigenvalue weighted by Crippen LogP contribution is -2.38. The van der Waals surface area contributed by atoms with E-state index in [1.54, 1.807) is 0 Å². The summed E-state index contributed by atoms with van der Waals surface area (Å²) in [4.78, 5) is 8.92. The van der Waals surface area contributed by atoms with Crippen LogP contribution in [-0.4, -0.2) is 35.1 Å². The molecule has 1 aliphatic rings. The highest BCUT2D eigenvalue weighted by Crippen LogP contribution is 2.50. The van der Waals surface area contributed by atoms with Gasteiger partial charge in [0.2, 0.25) is 0 Å². The number of rotatable bonds is 8. The number of guanidine groups is 1. The smallest absolute Gasteiger partial charge is 0.191 e. The fourth-order valence-electron chi connectivity index (χ4n) is 3.01. The Hall–Kier alpha value is -1.82. The van der Waals surface area contributed by atoms with Crippen LogP contribution >= 0.6 is 15.9 Å². The van der Waals surface area contributed by atoms with Crippen LogP contribution in [0.5, 0.6) is 0 Å². The number of aryl methyl sites for hydroxylation is 1. The minimum absolute atomic E-state index is 0.208. The van der Waals surface area contributed by atoms with E-state index in [2.05, 4.69) is 67.3 Å². The predicted octanol–water partition coefficient (Wildman–Crippen LogP) is 3.32. The Labute approximate surface area is 158 Å². The van der Waals surface area contributed by atoms with E-state index in [1.807, 2.05) is 18.7 Å². The molecule has 0 aliphatic heterocycles. The van der Waals surface area contributed by atoms with Gasteiger partial charge in [-0.25, -0.2) is 4.98 Å². The zero-order valence-corrected chi connectivity index (χ0v) is 16.3. The topological polar surface area (TPSA) is 54.2 Å². The summed E-state index contributed by atoms with van der Waals surface area (Å²) in [6, 6.07) is 8.53. The summed E-state index contributed by atoms with van der Waals surface area (Å²) >= 11 is 3.69. The number of imidazole rings is 1. The maximum absolute atomic E-state index is 4.85. The standard InChI is InChI=1S/C19H26BrN5/c1-2-22-18(23-10-5-12-25-13-11-21-15-25)24-14-19(8-9-19)16-6-3-4-7-17(16)20/h3-4,6-7,11,13,15H,2,5,8-10,12,14H2,1H3,(H2,22,23,24). The first-order chi connectivity index (χ1) is 12.2. The lowest BCUT2D eigenvalue weighted by atomic mass is 9.96. The molecule has 1 saturated carbocycles. The van der Waals surface area contributed by atoms with Crippen LogP contribution in [0.3, 0.4) is 0 Å². The van der Waals surface area contributed by atoms with Gasteiger partial charge >= 0.3 is 0 Å². The van der Waals surface area contributed by atoms with Gasteiger partial charge in [-0.15, -0.1) is 0 Å². The van der Waals surface area contributed by atoms with Crippen LogP contribution in [0, 0.1) is 0 Å². The first kappa shape index (κ1) is 18.0. The number of nitrogens with zero attached hydrogens (tertiary/aromatic N) is 3. The molecule has 25 heavy (non-hydrogen) atoms. The van der Waals surface area contributed by atoms with Gasteiger partial charge in [-0.05, 0) is 37.8 Å². The van der Waals surface area contributed by atoms with Crippen molar-refractivity contribution in [2.75, 3.05) is 19.6 Å². The molecule has 5 nitrogen and oxygen atoms in total. The van der Waals surface area contributed by atoms with E-state index in [1.165, 1.54) is 22.9 Å². The summed E-state index contributed by atoms with van der Waals surface area (Å²) in [5.74, 6) is 0.909. The van der Waals surface area contributed by atoms with Crippen molar-refractivity contribution in [3.05, 3.63) is 53.0 Å². The number of aromatic nitrogens is 2. The minimum atomic E-state index is 0.208. The third-order valence-electron chi connectivity index (χ3n) is 4.63. The monoisotopic (exact) mass is 403 g/mol. The lowest BCUT2D eigenvalue weighted by Gasteiger charge is -2.17. The zero-order chi connectivity index (χ0) is 17.5. The third kappa shape index (κ3) is 4.84. The van der Waals surface area contributed by atoms with Crippen molar-refractivity contribution in [1.82, 2.24) is 20.2 Å². The summed E-state index contributed by atoms with van der Waals surface area (Å²) < 4.78 is 3.29. The number of aliphatic imine (C=N–C) groups is 1. The van der Waals surface area contributed by atoms with Crippen molar-refractivity contribution in [3.8, 4) is 0 Å². The molecule has 1 aliphatic carbocycles. The van der Waals surface area contributed by atoms with Gasteiger partial charge in [0.1, 0.15) is 0 Å². The second kappa shape index (κ2) is 8.52. The summed E-state index contributed by atoms with van der Waals surface area (Å²) in [7, 11) is 0. The number of nitrogens with one attached hydrogen (secondary N) is 2. The van der Waals surface area contributed by atoms with E-state index >= 15 is 0 Å². The molecule has 2 N–H and O–H groups in total. The van der Waals surface area contributed by atoms with Gasteiger partial charge in [0, 0.05) is 41.9 Å². The molecule has 1 aromatic carbocycles. The molecule has 0 atom stereocenters. The first-order valence-electron chi connectivity index (χ1n) is 8.96. The summed E-state index contributed by atoms with van der Waals surface area (Å²) in [6.07, 6.45) is 9.12. The Morgan fingerprint density at radius 2 is 2.16 bits per heavy atom. The predicted molar refractivity (Wildman–Crippen MR) is 106 cm³/mol. The maximum Gasteiger partial charge on any atom is 0.191 e. The van der Waals surface area contributed by atoms with Crippen LogP contribution in [0.1, 0.15) is 31.7 Å². The van der Waals surface area contributed by atoms with Gasteiger partial charge in [-0.3, -0.25) is 4.99 Å². The molecule has 0 unspecified atom stereocenters. The SMILES string of the molecule is CCNC(=NCC1(c2ccccc2Br)CC1)NCCCn1ccnc1. The highest BCUT2D eigenvalue weighted by molar-refractivity contribution is 9.10. The van der Waals surface area contributed by atoms with Gasteiger partial charge in [0.25, 0.3) is 0 Å². The Balaban J connectivity index is 1.54. The fourth-order valence-corrected chi connectivity index (χ4v) is 3.72. The number of hydrogen-bond acceptors (Lipinski definition) is 2. The highest BCUT2D eigenvalue weighted by Gasteiger charge is 2.45. The van der Waals surface area contributed by atoms with E-state index < -0.39 is 0 Å². The Morgan fingerprint density at radius 3 is 2.84 bits per heavy atom. The largest absolute Gasteiger partial charge is 0.357 e. The molecule has 0 bridgehead atoms. The van der Waals surface area contributed by atoms with Gasteiger partial charge in [-0.1, -0.05) is 34.1 Å². The van der Waals surface area contributed by atoms with E-state index in [0.717, 1.165) is 38.6 Å². The van der Waals surface area contributed by atoms with E-state index in [0.29, 0.717) is 0 Å². The van der Waals surface area contributed by atoms with Crippen molar-refractivity contribution >= 4 is 21.9 Å². The van der Waals surface area contributed by atoms with Crippen molar-refractivity contribution in [2.45, 2.75) is 38.1 Å². The summed E-state index contributed by atoms with van der Waals surface area (Å²) in [5, 5.41) is 6.79. The fraction of sp³-hybridized carbons (Fsp3) is 0.474. The van der Waals surface area contributed by atoms with E-state index in [9.17, 15) is 0 Å². The van der Waals surface area contributed by atoms with Crippen LogP contribution in [0.25, 0.3) is 0 Å². The first-order valence-corrected chi connectivity index (χ1v) is 9.76. The average Bonchev–Trinajstić information content (AvgIpc) is 3.22. The maximum atomic E-state index is 4.85. The average molecular weight is 404 g/mol. The molecule has 0 spiro atoms. The van der Waals surface area contributed by atoms with Crippen LogP contribution < -0.4 is 10.6 Å².